The van der Waals surface area contributed by atoms with E-state index in [1.807, 2.05) is 0 Å². The molecular formula is C11H11BrN2O4. The molecule has 0 fully saturated rings. The quantitative estimate of drug-likeness (QED) is 0.640. The SMILES string of the molecule is C=C(Br)CNC(=O)Nc1ccc(C(=O)O)cc1O. The summed E-state index contributed by atoms with van der Waals surface area (Å²) in [5.41, 5.74) is 0.0602. The molecule has 18 heavy (non-hydrogen) atoms. The van der Waals surface area contributed by atoms with Crippen molar-refractivity contribution in [2.24, 2.45) is 0 Å². The Bertz CT molecular complexity index is 502. The van der Waals surface area contributed by atoms with Crippen molar-refractivity contribution in [3.05, 3.63) is 34.8 Å². The zero-order valence-electron chi connectivity index (χ0n) is 9.24. The summed E-state index contributed by atoms with van der Waals surface area (Å²) >= 11 is 3.08. The first kappa shape index (κ1) is 14.0. The van der Waals surface area contributed by atoms with Crippen LogP contribution in [0.3, 0.4) is 0 Å². The van der Waals surface area contributed by atoms with Crippen molar-refractivity contribution in [1.29, 1.82) is 0 Å². The predicted molar refractivity (Wildman–Crippen MR) is 70.2 cm³/mol. The highest BCUT2D eigenvalue weighted by atomic mass is 79.9. The number of anilines is 1. The number of carboxylic acids is 1. The lowest BCUT2D eigenvalue weighted by atomic mass is 10.2. The number of carbonyl (C=O) groups excluding carboxylic acids is 1. The Kier molecular flexibility index (Phi) is 4.73. The zero-order chi connectivity index (χ0) is 13.7. The summed E-state index contributed by atoms with van der Waals surface area (Å²) in [7, 11) is 0. The van der Waals surface area contributed by atoms with E-state index >= 15 is 0 Å². The summed E-state index contributed by atoms with van der Waals surface area (Å²) in [6.45, 7) is 3.78. The van der Waals surface area contributed by atoms with Gasteiger partial charge in [-0.05, 0) is 18.2 Å². The van der Waals surface area contributed by atoms with Gasteiger partial charge in [0.2, 0.25) is 0 Å². The third-order valence-corrected chi connectivity index (χ3v) is 2.21. The van der Waals surface area contributed by atoms with E-state index in [1.165, 1.54) is 12.1 Å². The van der Waals surface area contributed by atoms with Crippen molar-refractivity contribution in [3.63, 3.8) is 0 Å². The van der Waals surface area contributed by atoms with Gasteiger partial charge < -0.3 is 20.8 Å². The van der Waals surface area contributed by atoms with Gasteiger partial charge in [0.1, 0.15) is 5.75 Å². The van der Waals surface area contributed by atoms with Crippen molar-refractivity contribution < 1.29 is 19.8 Å². The maximum atomic E-state index is 11.4. The van der Waals surface area contributed by atoms with Gasteiger partial charge in [-0.3, -0.25) is 0 Å². The number of phenolic OH excluding ortho intramolecular Hbond substituents is 1. The van der Waals surface area contributed by atoms with Gasteiger partial charge in [-0.25, -0.2) is 9.59 Å². The number of aromatic carboxylic acids is 1. The first-order valence-electron chi connectivity index (χ1n) is 4.84. The zero-order valence-corrected chi connectivity index (χ0v) is 10.8. The molecule has 1 aromatic rings. The summed E-state index contributed by atoms with van der Waals surface area (Å²) in [4.78, 5) is 22.0. The maximum Gasteiger partial charge on any atom is 0.335 e. The minimum Gasteiger partial charge on any atom is -0.506 e. The Morgan fingerprint density at radius 2 is 2.06 bits per heavy atom. The molecule has 0 saturated carbocycles. The molecule has 1 rings (SSSR count). The number of carbonyl (C=O) groups is 2. The molecule has 0 atom stereocenters. The largest absolute Gasteiger partial charge is 0.506 e. The van der Waals surface area contributed by atoms with Crippen molar-refractivity contribution in [1.82, 2.24) is 5.32 Å². The number of phenols is 1. The van der Waals surface area contributed by atoms with E-state index in [0.29, 0.717) is 4.48 Å². The topological polar surface area (TPSA) is 98.7 Å². The van der Waals surface area contributed by atoms with E-state index in [0.717, 1.165) is 6.07 Å². The molecule has 0 unspecified atom stereocenters. The number of carboxylic acid groups (broad SMARTS) is 1. The van der Waals surface area contributed by atoms with Crippen molar-refractivity contribution in [3.8, 4) is 5.75 Å². The van der Waals surface area contributed by atoms with Gasteiger partial charge in [0, 0.05) is 4.48 Å². The van der Waals surface area contributed by atoms with E-state index in [1.54, 1.807) is 0 Å². The first-order chi connectivity index (χ1) is 8.40. The molecule has 0 heterocycles. The number of amides is 2. The van der Waals surface area contributed by atoms with Crippen LogP contribution in [0.2, 0.25) is 0 Å². The van der Waals surface area contributed by atoms with Crippen LogP contribution in [0.1, 0.15) is 10.4 Å². The van der Waals surface area contributed by atoms with Crippen molar-refractivity contribution >= 4 is 33.6 Å². The molecule has 7 heteroatoms. The second kappa shape index (κ2) is 6.06. The van der Waals surface area contributed by atoms with Crippen LogP contribution < -0.4 is 10.6 Å². The highest BCUT2D eigenvalue weighted by molar-refractivity contribution is 9.11. The lowest BCUT2D eigenvalue weighted by Crippen LogP contribution is -2.29. The summed E-state index contributed by atoms with van der Waals surface area (Å²) < 4.78 is 0.600. The number of hydrogen-bond acceptors (Lipinski definition) is 3. The van der Waals surface area contributed by atoms with Crippen LogP contribution in [0.4, 0.5) is 10.5 Å². The summed E-state index contributed by atoms with van der Waals surface area (Å²) in [6.07, 6.45) is 0. The molecule has 96 valence electrons. The second-order valence-corrected chi connectivity index (χ2v) is 4.48. The third kappa shape index (κ3) is 4.10. The Morgan fingerprint density at radius 1 is 1.39 bits per heavy atom. The smallest absolute Gasteiger partial charge is 0.335 e. The maximum absolute atomic E-state index is 11.4. The molecule has 0 saturated heterocycles. The lowest BCUT2D eigenvalue weighted by molar-refractivity contribution is 0.0696. The van der Waals surface area contributed by atoms with Crippen LogP contribution in [-0.2, 0) is 0 Å². The first-order valence-corrected chi connectivity index (χ1v) is 5.64. The monoisotopic (exact) mass is 314 g/mol. The Morgan fingerprint density at radius 3 is 2.56 bits per heavy atom. The minimum absolute atomic E-state index is 0.0627. The van der Waals surface area contributed by atoms with Crippen LogP contribution >= 0.6 is 15.9 Å². The number of aromatic hydroxyl groups is 1. The number of urea groups is 1. The van der Waals surface area contributed by atoms with Crippen LogP contribution in [-0.4, -0.2) is 28.8 Å². The molecule has 4 N–H and O–H groups in total. The van der Waals surface area contributed by atoms with Gasteiger partial charge in [-0.15, -0.1) is 0 Å². The van der Waals surface area contributed by atoms with Crippen molar-refractivity contribution in [2.75, 3.05) is 11.9 Å². The number of halogens is 1. The van der Waals surface area contributed by atoms with E-state index in [-0.39, 0.29) is 23.5 Å². The van der Waals surface area contributed by atoms with Crippen LogP contribution in [0.15, 0.2) is 29.3 Å². The van der Waals surface area contributed by atoms with E-state index in [2.05, 4.69) is 33.1 Å². The fraction of sp³-hybridized carbons (Fsp3) is 0.0909. The minimum atomic E-state index is -1.16. The molecule has 1 aromatic carbocycles. The van der Waals surface area contributed by atoms with Gasteiger partial charge in [-0.2, -0.15) is 0 Å². The Balaban J connectivity index is 2.70. The number of hydrogen-bond donors (Lipinski definition) is 4. The molecule has 0 aliphatic carbocycles. The van der Waals surface area contributed by atoms with Gasteiger partial charge >= 0.3 is 12.0 Å². The van der Waals surface area contributed by atoms with E-state index < -0.39 is 12.0 Å². The molecule has 0 spiro atoms. The Hall–Kier alpha value is -2.02. The summed E-state index contributed by atoms with van der Waals surface area (Å²) in [5.74, 6) is -1.47. The van der Waals surface area contributed by atoms with Crippen LogP contribution in [0.5, 0.6) is 5.75 Å². The summed E-state index contributed by atoms with van der Waals surface area (Å²) in [6, 6.07) is 3.11. The average molecular weight is 315 g/mol. The van der Waals surface area contributed by atoms with E-state index in [4.69, 9.17) is 5.11 Å². The van der Waals surface area contributed by atoms with Gasteiger partial charge in [0.25, 0.3) is 0 Å². The van der Waals surface area contributed by atoms with Crippen LogP contribution in [0.25, 0.3) is 0 Å². The highest BCUT2D eigenvalue weighted by Gasteiger charge is 2.09. The highest BCUT2D eigenvalue weighted by Crippen LogP contribution is 2.24. The predicted octanol–water partition coefficient (Wildman–Crippen LogP) is 2.12. The van der Waals surface area contributed by atoms with Gasteiger partial charge in [-0.1, -0.05) is 22.5 Å². The molecule has 0 radical (unpaired) electrons. The molecule has 0 aliphatic heterocycles. The standard InChI is InChI=1S/C11H11BrN2O4/c1-6(12)5-13-11(18)14-8-3-2-7(10(16)17)4-9(8)15/h2-4,15H,1,5H2,(H,16,17)(H2,13,14,18). The number of nitrogens with one attached hydrogen (secondary N) is 2. The van der Waals surface area contributed by atoms with Gasteiger partial charge in [0.15, 0.2) is 0 Å². The van der Waals surface area contributed by atoms with Crippen LogP contribution in [0, 0.1) is 0 Å². The molecule has 0 aromatic heterocycles. The molecular weight excluding hydrogens is 304 g/mol. The normalized spacial score (nSPS) is 9.61. The second-order valence-electron chi connectivity index (χ2n) is 3.36. The average Bonchev–Trinajstić information content (AvgIpc) is 2.29. The van der Waals surface area contributed by atoms with E-state index in [9.17, 15) is 14.7 Å². The lowest BCUT2D eigenvalue weighted by Gasteiger charge is -2.09. The third-order valence-electron chi connectivity index (χ3n) is 1.93. The number of benzene rings is 1. The summed E-state index contributed by atoms with van der Waals surface area (Å²) in [5, 5.41) is 23.1. The number of rotatable bonds is 4. The van der Waals surface area contributed by atoms with Crippen molar-refractivity contribution in [2.45, 2.75) is 0 Å². The fourth-order valence-electron chi connectivity index (χ4n) is 1.11. The molecule has 6 nitrogen and oxygen atoms in total. The molecule has 2 amide bonds. The van der Waals surface area contributed by atoms with Gasteiger partial charge in [0.05, 0.1) is 17.8 Å². The molecule has 0 bridgehead atoms. The fourth-order valence-corrected chi connectivity index (χ4v) is 1.25. The molecule has 0 aliphatic rings. The Labute approximate surface area is 111 Å².